The second kappa shape index (κ2) is 5.48. The van der Waals surface area contributed by atoms with E-state index in [0.29, 0.717) is 12.1 Å². The maximum absolute atomic E-state index is 5.92. The van der Waals surface area contributed by atoms with Crippen LogP contribution in [0.5, 0.6) is 0 Å². The maximum Gasteiger partial charge on any atom is 0.0638 e. The van der Waals surface area contributed by atoms with Crippen molar-refractivity contribution in [1.82, 2.24) is 4.90 Å². The van der Waals surface area contributed by atoms with Gasteiger partial charge in [-0.2, -0.15) is 0 Å². The van der Waals surface area contributed by atoms with Gasteiger partial charge in [-0.25, -0.2) is 0 Å². The Morgan fingerprint density at radius 2 is 2.06 bits per heavy atom. The molecule has 0 saturated carbocycles. The molecule has 96 valence electrons. The number of likely N-dealkylation sites (tertiary alicyclic amines) is 1. The van der Waals surface area contributed by atoms with Gasteiger partial charge in [-0.05, 0) is 39.5 Å². The molecular formula is C13H28N2O. The Kier molecular flexibility index (Phi) is 4.77. The van der Waals surface area contributed by atoms with Gasteiger partial charge in [0.2, 0.25) is 0 Å². The van der Waals surface area contributed by atoms with E-state index in [1.165, 1.54) is 13.0 Å². The maximum atomic E-state index is 5.92. The van der Waals surface area contributed by atoms with Crippen LogP contribution in [0.25, 0.3) is 0 Å². The molecule has 0 aromatic rings. The molecule has 3 heteroatoms. The summed E-state index contributed by atoms with van der Waals surface area (Å²) in [7, 11) is 1.78. The van der Waals surface area contributed by atoms with Gasteiger partial charge in [0.1, 0.15) is 0 Å². The highest BCUT2D eigenvalue weighted by Gasteiger charge is 2.34. The van der Waals surface area contributed by atoms with Gasteiger partial charge in [0.15, 0.2) is 0 Å². The van der Waals surface area contributed by atoms with Gasteiger partial charge in [-0.1, -0.05) is 6.92 Å². The fourth-order valence-corrected chi connectivity index (χ4v) is 2.83. The van der Waals surface area contributed by atoms with Crippen molar-refractivity contribution in [3.05, 3.63) is 0 Å². The average Bonchev–Trinajstić information content (AvgIpc) is 2.54. The SMILES string of the molecule is COC(C)(C)CC(CN)N1CC(C)CC1C. The number of methoxy groups -OCH3 is 1. The molecular weight excluding hydrogens is 200 g/mol. The Morgan fingerprint density at radius 3 is 2.44 bits per heavy atom. The molecule has 2 N–H and O–H groups in total. The third-order valence-corrected chi connectivity index (χ3v) is 3.85. The van der Waals surface area contributed by atoms with E-state index in [0.717, 1.165) is 18.9 Å². The summed E-state index contributed by atoms with van der Waals surface area (Å²) < 4.78 is 5.51. The van der Waals surface area contributed by atoms with Crippen LogP contribution in [-0.4, -0.2) is 42.8 Å². The van der Waals surface area contributed by atoms with E-state index in [9.17, 15) is 0 Å². The Labute approximate surface area is 100 Å². The standard InChI is InChI=1S/C13H28N2O/c1-10-6-11(2)15(9-10)12(8-14)7-13(3,4)16-5/h10-12H,6-9,14H2,1-5H3. The summed E-state index contributed by atoms with van der Waals surface area (Å²) in [5.41, 5.74) is 5.85. The lowest BCUT2D eigenvalue weighted by atomic mass is 9.97. The van der Waals surface area contributed by atoms with E-state index in [1.807, 2.05) is 0 Å². The normalized spacial score (nSPS) is 29.6. The minimum absolute atomic E-state index is 0.0738. The highest BCUT2D eigenvalue weighted by Crippen LogP contribution is 2.28. The molecule has 1 heterocycles. The quantitative estimate of drug-likeness (QED) is 0.780. The van der Waals surface area contributed by atoms with E-state index >= 15 is 0 Å². The molecule has 16 heavy (non-hydrogen) atoms. The first-order valence-corrected chi connectivity index (χ1v) is 6.40. The van der Waals surface area contributed by atoms with Crippen LogP contribution in [0.15, 0.2) is 0 Å². The number of nitrogens with zero attached hydrogens (tertiary/aromatic N) is 1. The summed E-state index contributed by atoms with van der Waals surface area (Å²) in [6.45, 7) is 10.8. The van der Waals surface area contributed by atoms with Gasteiger partial charge in [0.25, 0.3) is 0 Å². The van der Waals surface area contributed by atoms with Crippen molar-refractivity contribution in [2.45, 2.75) is 58.2 Å². The van der Waals surface area contributed by atoms with Gasteiger partial charge < -0.3 is 10.5 Å². The Balaban J connectivity index is 2.60. The fourth-order valence-electron chi connectivity index (χ4n) is 2.83. The van der Waals surface area contributed by atoms with Crippen molar-refractivity contribution in [1.29, 1.82) is 0 Å². The van der Waals surface area contributed by atoms with Crippen LogP contribution >= 0.6 is 0 Å². The second-order valence-corrected chi connectivity index (χ2v) is 5.94. The molecule has 0 spiro atoms. The molecule has 0 aliphatic carbocycles. The first kappa shape index (κ1) is 13.9. The van der Waals surface area contributed by atoms with Gasteiger partial charge >= 0.3 is 0 Å². The number of nitrogens with two attached hydrogens (primary N) is 1. The number of hydrogen-bond acceptors (Lipinski definition) is 3. The van der Waals surface area contributed by atoms with Crippen molar-refractivity contribution in [3.8, 4) is 0 Å². The van der Waals surface area contributed by atoms with Crippen molar-refractivity contribution in [2.24, 2.45) is 11.7 Å². The summed E-state index contributed by atoms with van der Waals surface area (Å²) in [4.78, 5) is 2.56. The zero-order valence-corrected chi connectivity index (χ0v) is 11.5. The summed E-state index contributed by atoms with van der Waals surface area (Å²) in [5, 5.41) is 0. The van der Waals surface area contributed by atoms with Crippen molar-refractivity contribution >= 4 is 0 Å². The van der Waals surface area contributed by atoms with Gasteiger partial charge in [0, 0.05) is 32.3 Å². The van der Waals surface area contributed by atoms with Crippen LogP contribution in [-0.2, 0) is 4.74 Å². The molecule has 3 atom stereocenters. The molecule has 0 amide bonds. The third kappa shape index (κ3) is 3.44. The van der Waals surface area contributed by atoms with Crippen LogP contribution in [0.2, 0.25) is 0 Å². The fraction of sp³-hybridized carbons (Fsp3) is 1.00. The van der Waals surface area contributed by atoms with Crippen molar-refractivity contribution < 1.29 is 4.74 Å². The predicted molar refractivity (Wildman–Crippen MR) is 68.5 cm³/mol. The van der Waals surface area contributed by atoms with Crippen LogP contribution in [0.1, 0.15) is 40.5 Å². The minimum atomic E-state index is -0.0738. The highest BCUT2D eigenvalue weighted by molar-refractivity contribution is 4.89. The third-order valence-electron chi connectivity index (χ3n) is 3.85. The van der Waals surface area contributed by atoms with Gasteiger partial charge in [-0.3, -0.25) is 4.90 Å². The summed E-state index contributed by atoms with van der Waals surface area (Å²) >= 11 is 0. The zero-order chi connectivity index (χ0) is 12.3. The zero-order valence-electron chi connectivity index (χ0n) is 11.5. The van der Waals surface area contributed by atoms with Crippen LogP contribution < -0.4 is 5.73 Å². The van der Waals surface area contributed by atoms with Crippen molar-refractivity contribution in [2.75, 3.05) is 20.2 Å². The number of rotatable bonds is 5. The first-order valence-electron chi connectivity index (χ1n) is 6.40. The van der Waals surface area contributed by atoms with Crippen molar-refractivity contribution in [3.63, 3.8) is 0 Å². The smallest absolute Gasteiger partial charge is 0.0638 e. The van der Waals surface area contributed by atoms with E-state index in [4.69, 9.17) is 10.5 Å². The molecule has 0 aromatic carbocycles. The minimum Gasteiger partial charge on any atom is -0.379 e. The van der Waals surface area contributed by atoms with E-state index in [2.05, 4.69) is 32.6 Å². The largest absolute Gasteiger partial charge is 0.379 e. The Hall–Kier alpha value is -0.120. The second-order valence-electron chi connectivity index (χ2n) is 5.94. The Morgan fingerprint density at radius 1 is 1.44 bits per heavy atom. The highest BCUT2D eigenvalue weighted by atomic mass is 16.5. The predicted octanol–water partition coefficient (Wildman–Crippen LogP) is 1.86. The van der Waals surface area contributed by atoms with Gasteiger partial charge in [0.05, 0.1) is 5.60 Å². The summed E-state index contributed by atoms with van der Waals surface area (Å²) in [6.07, 6.45) is 2.31. The lowest BCUT2D eigenvalue weighted by Crippen LogP contribution is -2.46. The summed E-state index contributed by atoms with van der Waals surface area (Å²) in [5.74, 6) is 0.801. The van der Waals surface area contributed by atoms with Crippen LogP contribution in [0.3, 0.4) is 0 Å². The average molecular weight is 228 g/mol. The van der Waals surface area contributed by atoms with E-state index < -0.39 is 0 Å². The molecule has 0 aromatic heterocycles. The molecule has 0 radical (unpaired) electrons. The molecule has 1 aliphatic rings. The molecule has 1 saturated heterocycles. The number of hydrogen-bond donors (Lipinski definition) is 1. The monoisotopic (exact) mass is 228 g/mol. The Bertz CT molecular complexity index is 218. The first-order chi connectivity index (χ1) is 7.39. The topological polar surface area (TPSA) is 38.5 Å². The molecule has 1 aliphatic heterocycles. The molecule has 1 rings (SSSR count). The molecule has 3 nitrogen and oxygen atoms in total. The van der Waals surface area contributed by atoms with Crippen LogP contribution in [0.4, 0.5) is 0 Å². The van der Waals surface area contributed by atoms with E-state index in [1.54, 1.807) is 7.11 Å². The number of ether oxygens (including phenoxy) is 1. The van der Waals surface area contributed by atoms with E-state index in [-0.39, 0.29) is 5.60 Å². The lowest BCUT2D eigenvalue weighted by Gasteiger charge is -2.36. The molecule has 3 unspecified atom stereocenters. The lowest BCUT2D eigenvalue weighted by molar-refractivity contribution is -0.00885. The van der Waals surface area contributed by atoms with Gasteiger partial charge in [-0.15, -0.1) is 0 Å². The molecule has 0 bridgehead atoms. The summed E-state index contributed by atoms with van der Waals surface area (Å²) in [6, 6.07) is 1.12. The van der Waals surface area contributed by atoms with Crippen LogP contribution in [0, 0.1) is 5.92 Å². The molecule has 1 fully saturated rings.